The van der Waals surface area contributed by atoms with Gasteiger partial charge in [0.05, 0.1) is 0 Å². The summed E-state index contributed by atoms with van der Waals surface area (Å²) in [5.74, 6) is 0.435. The van der Waals surface area contributed by atoms with E-state index in [1.165, 1.54) is 17.3 Å². The van der Waals surface area contributed by atoms with Gasteiger partial charge in [0.1, 0.15) is 18.7 Å². The Bertz CT molecular complexity index is 1220. The molecule has 0 fully saturated rings. The van der Waals surface area contributed by atoms with Crippen LogP contribution >= 0.6 is 0 Å². The molecule has 0 saturated carbocycles. The summed E-state index contributed by atoms with van der Waals surface area (Å²) >= 11 is 0. The Hall–Kier alpha value is -4.34. The van der Waals surface area contributed by atoms with E-state index >= 15 is 0 Å². The van der Waals surface area contributed by atoms with Crippen LogP contribution in [0, 0.1) is 6.92 Å². The highest BCUT2D eigenvalue weighted by atomic mass is 16.4. The maximum Gasteiger partial charge on any atom is 0.249 e. The number of benzene rings is 2. The summed E-state index contributed by atoms with van der Waals surface area (Å²) in [5, 5.41) is 17.7. The number of hydrogen-bond acceptors (Lipinski definition) is 7. The number of hydrogen-bond donors (Lipinski definition) is 2. The first kappa shape index (κ1) is 21.9. The van der Waals surface area contributed by atoms with E-state index in [0.29, 0.717) is 29.6 Å². The van der Waals surface area contributed by atoms with Gasteiger partial charge in [0, 0.05) is 29.8 Å². The Kier molecular flexibility index (Phi) is 6.53. The Morgan fingerprint density at radius 1 is 1.00 bits per heavy atom. The standard InChI is InChI=1S/C23H23N7O3/c1-15-3-5-17(6-4-15)23-29-28-21(33-23)12-11-20(31)26-18-7-9-19(10-8-18)27-22(32)16(2)30-14-24-13-25-30/h3-10,13-14,16H,11-12H2,1-2H3,(H,26,31)(H,27,32). The Balaban J connectivity index is 1.26. The van der Waals surface area contributed by atoms with Gasteiger partial charge in [0.2, 0.25) is 23.6 Å². The number of nitrogens with zero attached hydrogens (tertiary/aromatic N) is 5. The van der Waals surface area contributed by atoms with Gasteiger partial charge in [0.25, 0.3) is 0 Å². The maximum absolute atomic E-state index is 12.3. The van der Waals surface area contributed by atoms with Crippen molar-refractivity contribution in [1.29, 1.82) is 0 Å². The van der Waals surface area contributed by atoms with Crippen molar-refractivity contribution in [3.8, 4) is 11.5 Å². The van der Waals surface area contributed by atoms with Crippen LogP contribution in [-0.4, -0.2) is 36.8 Å². The molecule has 2 N–H and O–H groups in total. The summed E-state index contributed by atoms with van der Waals surface area (Å²) in [5.41, 5.74) is 3.21. The molecule has 2 amide bonds. The molecule has 2 aromatic carbocycles. The van der Waals surface area contributed by atoms with E-state index in [1.807, 2.05) is 31.2 Å². The van der Waals surface area contributed by atoms with Gasteiger partial charge in [-0.1, -0.05) is 17.7 Å². The van der Waals surface area contributed by atoms with Gasteiger partial charge in [0.15, 0.2) is 0 Å². The molecule has 0 radical (unpaired) electrons. The van der Waals surface area contributed by atoms with Gasteiger partial charge in [-0.3, -0.25) is 9.59 Å². The van der Waals surface area contributed by atoms with E-state index in [0.717, 1.165) is 11.1 Å². The largest absolute Gasteiger partial charge is 0.421 e. The maximum atomic E-state index is 12.3. The minimum Gasteiger partial charge on any atom is -0.421 e. The van der Waals surface area contributed by atoms with Crippen molar-refractivity contribution in [2.75, 3.05) is 10.6 Å². The molecule has 4 rings (SSSR count). The molecule has 168 valence electrons. The lowest BCUT2D eigenvalue weighted by Crippen LogP contribution is -2.24. The molecule has 10 nitrogen and oxygen atoms in total. The van der Waals surface area contributed by atoms with Gasteiger partial charge in [-0.05, 0) is 50.2 Å². The molecule has 0 bridgehead atoms. The second-order valence-corrected chi connectivity index (χ2v) is 7.53. The lowest BCUT2D eigenvalue weighted by molar-refractivity contribution is -0.119. The molecule has 0 saturated heterocycles. The number of carbonyl (C=O) groups excluding carboxylic acids is 2. The SMILES string of the molecule is Cc1ccc(-c2nnc(CCC(=O)Nc3ccc(NC(=O)C(C)n4cncn4)cc3)o2)cc1. The van der Waals surface area contributed by atoms with Crippen molar-refractivity contribution in [2.24, 2.45) is 0 Å². The fourth-order valence-corrected chi connectivity index (χ4v) is 3.03. The monoisotopic (exact) mass is 445 g/mol. The van der Waals surface area contributed by atoms with Crippen LogP contribution in [0.4, 0.5) is 11.4 Å². The average molecular weight is 445 g/mol. The predicted octanol–water partition coefficient (Wildman–Crippen LogP) is 3.41. The fraction of sp³-hybridized carbons (Fsp3) is 0.217. The molecule has 33 heavy (non-hydrogen) atoms. The highest BCUT2D eigenvalue weighted by Gasteiger charge is 2.15. The van der Waals surface area contributed by atoms with Crippen molar-refractivity contribution < 1.29 is 14.0 Å². The van der Waals surface area contributed by atoms with E-state index < -0.39 is 6.04 Å². The van der Waals surface area contributed by atoms with Crippen molar-refractivity contribution in [1.82, 2.24) is 25.0 Å². The smallest absolute Gasteiger partial charge is 0.249 e. The number of amides is 2. The normalized spacial score (nSPS) is 11.7. The summed E-state index contributed by atoms with van der Waals surface area (Å²) in [4.78, 5) is 28.5. The van der Waals surface area contributed by atoms with Gasteiger partial charge >= 0.3 is 0 Å². The third-order valence-corrected chi connectivity index (χ3v) is 4.98. The molecule has 0 aliphatic rings. The molecule has 1 unspecified atom stereocenters. The van der Waals surface area contributed by atoms with Crippen LogP contribution in [0.2, 0.25) is 0 Å². The molecule has 0 aliphatic heterocycles. The molecule has 0 aliphatic carbocycles. The molecule has 1 atom stereocenters. The van der Waals surface area contributed by atoms with Crippen LogP contribution in [-0.2, 0) is 16.0 Å². The van der Waals surface area contributed by atoms with E-state index in [2.05, 4.69) is 30.9 Å². The number of rotatable bonds is 8. The molecule has 4 aromatic rings. The molecular weight excluding hydrogens is 422 g/mol. The van der Waals surface area contributed by atoms with Crippen LogP contribution in [0.3, 0.4) is 0 Å². The van der Waals surface area contributed by atoms with Gasteiger partial charge in [-0.15, -0.1) is 10.2 Å². The molecule has 2 aromatic heterocycles. The lowest BCUT2D eigenvalue weighted by atomic mass is 10.1. The van der Waals surface area contributed by atoms with Crippen molar-refractivity contribution in [3.05, 3.63) is 72.6 Å². The number of carbonyl (C=O) groups is 2. The zero-order chi connectivity index (χ0) is 23.2. The quantitative estimate of drug-likeness (QED) is 0.425. The second kappa shape index (κ2) is 9.86. The minimum atomic E-state index is -0.497. The van der Waals surface area contributed by atoms with Gasteiger partial charge in [-0.2, -0.15) is 5.10 Å². The van der Waals surface area contributed by atoms with Crippen molar-refractivity contribution in [3.63, 3.8) is 0 Å². The predicted molar refractivity (Wildman–Crippen MR) is 121 cm³/mol. The van der Waals surface area contributed by atoms with Crippen molar-refractivity contribution >= 4 is 23.2 Å². The zero-order valence-corrected chi connectivity index (χ0v) is 18.2. The van der Waals surface area contributed by atoms with E-state index in [-0.39, 0.29) is 18.2 Å². The Morgan fingerprint density at radius 2 is 1.70 bits per heavy atom. The lowest BCUT2D eigenvalue weighted by Gasteiger charge is -2.12. The topological polar surface area (TPSA) is 128 Å². The van der Waals surface area contributed by atoms with Crippen molar-refractivity contribution in [2.45, 2.75) is 32.7 Å². The summed E-state index contributed by atoms with van der Waals surface area (Å²) in [7, 11) is 0. The Labute approximate surface area is 190 Å². The number of aryl methyl sites for hydroxylation is 2. The second-order valence-electron chi connectivity index (χ2n) is 7.53. The van der Waals surface area contributed by atoms with Crippen LogP contribution in [0.15, 0.2) is 65.6 Å². The zero-order valence-electron chi connectivity index (χ0n) is 18.2. The first-order chi connectivity index (χ1) is 16.0. The van der Waals surface area contributed by atoms with Crippen LogP contribution < -0.4 is 10.6 Å². The number of aromatic nitrogens is 5. The third-order valence-electron chi connectivity index (χ3n) is 4.98. The summed E-state index contributed by atoms with van der Waals surface area (Å²) in [6.45, 7) is 3.73. The van der Waals surface area contributed by atoms with Crippen LogP contribution in [0.25, 0.3) is 11.5 Å². The average Bonchev–Trinajstić information content (AvgIpc) is 3.52. The number of nitrogens with one attached hydrogen (secondary N) is 2. The summed E-state index contributed by atoms with van der Waals surface area (Å²) in [6, 6.07) is 14.2. The molecule has 0 spiro atoms. The van der Waals surface area contributed by atoms with Gasteiger partial charge < -0.3 is 15.1 Å². The van der Waals surface area contributed by atoms with Crippen LogP contribution in [0.1, 0.15) is 30.8 Å². The van der Waals surface area contributed by atoms with Crippen LogP contribution in [0.5, 0.6) is 0 Å². The molecular formula is C23H23N7O3. The fourth-order valence-electron chi connectivity index (χ4n) is 3.03. The van der Waals surface area contributed by atoms with E-state index in [1.54, 1.807) is 31.2 Å². The highest BCUT2D eigenvalue weighted by Crippen LogP contribution is 2.19. The van der Waals surface area contributed by atoms with E-state index in [9.17, 15) is 9.59 Å². The highest BCUT2D eigenvalue weighted by molar-refractivity contribution is 5.94. The summed E-state index contributed by atoms with van der Waals surface area (Å²) < 4.78 is 7.13. The van der Waals surface area contributed by atoms with E-state index in [4.69, 9.17) is 4.42 Å². The first-order valence-electron chi connectivity index (χ1n) is 10.4. The Morgan fingerprint density at radius 3 is 2.36 bits per heavy atom. The molecule has 10 heteroatoms. The molecule has 2 heterocycles. The number of anilines is 2. The minimum absolute atomic E-state index is 0.179. The first-order valence-corrected chi connectivity index (χ1v) is 10.4. The third kappa shape index (κ3) is 5.67. The van der Waals surface area contributed by atoms with Gasteiger partial charge in [-0.25, -0.2) is 9.67 Å². The summed E-state index contributed by atoms with van der Waals surface area (Å²) in [6.07, 6.45) is 3.39.